The molecule has 0 saturated carbocycles. The third-order valence-corrected chi connectivity index (χ3v) is 2.84. The van der Waals surface area contributed by atoms with Crippen LogP contribution in [0.4, 0.5) is 0 Å². The Labute approximate surface area is 108 Å². The molecule has 2 N–H and O–H groups in total. The van der Waals surface area contributed by atoms with Crippen LogP contribution in [-0.2, 0) is 6.54 Å². The summed E-state index contributed by atoms with van der Waals surface area (Å²) in [4.78, 5) is 10.7. The van der Waals surface area contributed by atoms with E-state index in [1.54, 1.807) is 19.5 Å². The zero-order chi connectivity index (χ0) is 11.4. The van der Waals surface area contributed by atoms with Gasteiger partial charge in [-0.1, -0.05) is 0 Å². The Bertz CT molecular complexity index is 350. The van der Waals surface area contributed by atoms with Crippen molar-refractivity contribution in [2.75, 3.05) is 20.2 Å². The first kappa shape index (κ1) is 14.2. The molecule has 96 valence electrons. The van der Waals surface area contributed by atoms with Crippen molar-refractivity contribution in [1.29, 1.82) is 0 Å². The van der Waals surface area contributed by atoms with Crippen LogP contribution in [0.15, 0.2) is 12.4 Å². The van der Waals surface area contributed by atoms with Gasteiger partial charge in [0, 0.05) is 31.5 Å². The summed E-state index contributed by atoms with van der Waals surface area (Å²) >= 11 is 0. The fourth-order valence-corrected chi connectivity index (χ4v) is 2.08. The minimum Gasteiger partial charge on any atom is -0.480 e. The SMILES string of the molecule is COc1nccnc1CN1CCCC(N)C1.Cl. The van der Waals surface area contributed by atoms with Crippen LogP contribution in [0, 0.1) is 0 Å². The minimum atomic E-state index is 0. The standard InChI is InChI=1S/C11H18N4O.ClH/c1-16-11-10(13-4-5-14-11)8-15-6-2-3-9(12)7-15;/h4-5,9H,2-3,6-8,12H2,1H3;1H. The first-order valence-corrected chi connectivity index (χ1v) is 5.61. The molecule has 2 rings (SSSR count). The van der Waals surface area contributed by atoms with Crippen LogP contribution in [0.2, 0.25) is 0 Å². The molecule has 0 spiro atoms. The second-order valence-electron chi connectivity index (χ2n) is 4.15. The molecule has 0 aliphatic carbocycles. The lowest BCUT2D eigenvalue weighted by molar-refractivity contribution is 0.196. The summed E-state index contributed by atoms with van der Waals surface area (Å²) in [6.45, 7) is 2.78. The maximum Gasteiger partial charge on any atom is 0.236 e. The zero-order valence-electron chi connectivity index (χ0n) is 10.0. The topological polar surface area (TPSA) is 64.3 Å². The van der Waals surface area contributed by atoms with Crippen LogP contribution >= 0.6 is 12.4 Å². The second-order valence-corrected chi connectivity index (χ2v) is 4.15. The molecule has 0 amide bonds. The van der Waals surface area contributed by atoms with Gasteiger partial charge in [-0.2, -0.15) is 0 Å². The summed E-state index contributed by atoms with van der Waals surface area (Å²) in [5.74, 6) is 0.613. The minimum absolute atomic E-state index is 0. The van der Waals surface area contributed by atoms with E-state index in [0.717, 1.165) is 38.2 Å². The molecule has 2 heterocycles. The van der Waals surface area contributed by atoms with Crippen LogP contribution in [-0.4, -0.2) is 41.1 Å². The number of nitrogens with zero attached hydrogens (tertiary/aromatic N) is 3. The average molecular weight is 259 g/mol. The van der Waals surface area contributed by atoms with Gasteiger partial charge in [0.15, 0.2) is 0 Å². The van der Waals surface area contributed by atoms with E-state index in [4.69, 9.17) is 10.5 Å². The Kier molecular flexibility index (Phi) is 5.61. The first-order valence-electron chi connectivity index (χ1n) is 5.61. The highest BCUT2D eigenvalue weighted by Gasteiger charge is 2.18. The van der Waals surface area contributed by atoms with Gasteiger partial charge in [0.25, 0.3) is 0 Å². The molecule has 1 unspecified atom stereocenters. The molecule has 1 aromatic rings. The smallest absolute Gasteiger partial charge is 0.236 e. The highest BCUT2D eigenvalue weighted by atomic mass is 35.5. The quantitative estimate of drug-likeness (QED) is 0.870. The van der Waals surface area contributed by atoms with Crippen molar-refractivity contribution < 1.29 is 4.74 Å². The van der Waals surface area contributed by atoms with Crippen molar-refractivity contribution in [3.05, 3.63) is 18.1 Å². The fraction of sp³-hybridized carbons (Fsp3) is 0.636. The molecule has 5 nitrogen and oxygen atoms in total. The third-order valence-electron chi connectivity index (χ3n) is 2.84. The van der Waals surface area contributed by atoms with Gasteiger partial charge < -0.3 is 10.5 Å². The fourth-order valence-electron chi connectivity index (χ4n) is 2.08. The molecule has 0 radical (unpaired) electrons. The highest BCUT2D eigenvalue weighted by molar-refractivity contribution is 5.85. The molecule has 1 atom stereocenters. The molecule has 0 bridgehead atoms. The largest absolute Gasteiger partial charge is 0.480 e. The maximum absolute atomic E-state index is 5.94. The Morgan fingerprint density at radius 1 is 1.47 bits per heavy atom. The van der Waals surface area contributed by atoms with E-state index in [1.807, 2.05) is 0 Å². The molecule has 17 heavy (non-hydrogen) atoms. The summed E-state index contributed by atoms with van der Waals surface area (Å²) in [6.07, 6.45) is 5.61. The Balaban J connectivity index is 0.00000144. The van der Waals surface area contributed by atoms with E-state index in [9.17, 15) is 0 Å². The van der Waals surface area contributed by atoms with Crippen LogP contribution in [0.5, 0.6) is 5.88 Å². The summed E-state index contributed by atoms with van der Waals surface area (Å²) in [6, 6.07) is 0.288. The Morgan fingerprint density at radius 3 is 2.94 bits per heavy atom. The van der Waals surface area contributed by atoms with Gasteiger partial charge in [-0.15, -0.1) is 12.4 Å². The second kappa shape index (κ2) is 6.74. The maximum atomic E-state index is 5.94. The number of methoxy groups -OCH3 is 1. The molecule has 1 saturated heterocycles. The van der Waals surface area contributed by atoms with E-state index in [1.165, 1.54) is 0 Å². The number of piperidine rings is 1. The zero-order valence-corrected chi connectivity index (χ0v) is 10.8. The van der Waals surface area contributed by atoms with Crippen molar-refractivity contribution in [2.24, 2.45) is 5.73 Å². The number of aromatic nitrogens is 2. The summed E-state index contributed by atoms with van der Waals surface area (Å²) in [7, 11) is 1.62. The number of ether oxygens (including phenoxy) is 1. The molecule has 0 aromatic carbocycles. The normalized spacial score (nSPS) is 20.7. The van der Waals surface area contributed by atoms with Gasteiger partial charge in [0.2, 0.25) is 5.88 Å². The molecule has 1 fully saturated rings. The highest BCUT2D eigenvalue weighted by Crippen LogP contribution is 2.16. The number of halogens is 1. The predicted molar refractivity (Wildman–Crippen MR) is 68.3 cm³/mol. The molecular formula is C11H19ClN4O. The van der Waals surface area contributed by atoms with E-state index >= 15 is 0 Å². The number of likely N-dealkylation sites (tertiary alicyclic amines) is 1. The van der Waals surface area contributed by atoms with Crippen molar-refractivity contribution in [2.45, 2.75) is 25.4 Å². The Hall–Kier alpha value is -0.910. The van der Waals surface area contributed by atoms with Crippen molar-refractivity contribution in [3.8, 4) is 5.88 Å². The van der Waals surface area contributed by atoms with Gasteiger partial charge >= 0.3 is 0 Å². The molecule has 1 aromatic heterocycles. The summed E-state index contributed by atoms with van der Waals surface area (Å²) in [5, 5.41) is 0. The molecule has 1 aliphatic rings. The van der Waals surface area contributed by atoms with Gasteiger partial charge in [-0.05, 0) is 19.4 Å². The van der Waals surface area contributed by atoms with Crippen LogP contribution < -0.4 is 10.5 Å². The van der Waals surface area contributed by atoms with Crippen molar-refractivity contribution in [1.82, 2.24) is 14.9 Å². The number of nitrogens with two attached hydrogens (primary N) is 1. The van der Waals surface area contributed by atoms with Crippen molar-refractivity contribution in [3.63, 3.8) is 0 Å². The number of hydrogen-bond acceptors (Lipinski definition) is 5. The number of rotatable bonds is 3. The summed E-state index contributed by atoms with van der Waals surface area (Å²) in [5.41, 5.74) is 6.83. The van der Waals surface area contributed by atoms with Gasteiger partial charge in [0.1, 0.15) is 5.69 Å². The van der Waals surface area contributed by atoms with E-state index in [2.05, 4.69) is 14.9 Å². The average Bonchev–Trinajstić information content (AvgIpc) is 2.30. The van der Waals surface area contributed by atoms with Crippen molar-refractivity contribution >= 4 is 12.4 Å². The van der Waals surface area contributed by atoms with Crippen LogP contribution in [0.3, 0.4) is 0 Å². The monoisotopic (exact) mass is 258 g/mol. The lowest BCUT2D eigenvalue weighted by Crippen LogP contribution is -2.42. The van der Waals surface area contributed by atoms with E-state index < -0.39 is 0 Å². The van der Waals surface area contributed by atoms with Gasteiger partial charge in [-0.25, -0.2) is 4.98 Å². The van der Waals surface area contributed by atoms with Gasteiger partial charge in [-0.3, -0.25) is 9.88 Å². The molecule has 6 heteroatoms. The lowest BCUT2D eigenvalue weighted by atomic mass is 10.1. The number of hydrogen-bond donors (Lipinski definition) is 1. The molecular weight excluding hydrogens is 240 g/mol. The Morgan fingerprint density at radius 2 is 2.24 bits per heavy atom. The van der Waals surface area contributed by atoms with E-state index in [0.29, 0.717) is 5.88 Å². The first-order chi connectivity index (χ1) is 7.79. The lowest BCUT2D eigenvalue weighted by Gasteiger charge is -2.30. The van der Waals surface area contributed by atoms with Gasteiger partial charge in [0.05, 0.1) is 7.11 Å². The van der Waals surface area contributed by atoms with E-state index in [-0.39, 0.29) is 18.4 Å². The molecule has 1 aliphatic heterocycles. The predicted octanol–water partition coefficient (Wildman–Crippen LogP) is 0.830. The third kappa shape index (κ3) is 3.80. The summed E-state index contributed by atoms with van der Waals surface area (Å²) < 4.78 is 5.18. The van der Waals surface area contributed by atoms with Crippen LogP contribution in [0.25, 0.3) is 0 Å². The van der Waals surface area contributed by atoms with Crippen LogP contribution in [0.1, 0.15) is 18.5 Å².